The molecule has 0 fully saturated rings. The van der Waals surface area contributed by atoms with Crippen LogP contribution in [0.2, 0.25) is 0 Å². The van der Waals surface area contributed by atoms with Gasteiger partial charge in [-0.2, -0.15) is 0 Å². The molecule has 0 aliphatic carbocycles. The molecule has 102 valence electrons. The average molecular weight is 265 g/mol. The molecule has 0 saturated carbocycles. The largest absolute Gasteiger partial charge is 0.326 e. The van der Waals surface area contributed by atoms with Crippen LogP contribution in [0.4, 0.5) is 11.6 Å². The van der Waals surface area contributed by atoms with Crippen LogP contribution >= 0.6 is 0 Å². The minimum absolute atomic E-state index is 0.914. The molecule has 0 bridgehead atoms. The van der Waals surface area contributed by atoms with Gasteiger partial charge in [0.25, 0.3) is 0 Å². The van der Waals surface area contributed by atoms with Crippen LogP contribution < -0.4 is 5.32 Å². The number of hydrogen-bond donors (Lipinski definition) is 1. The normalized spacial score (nSPS) is 10.9. The van der Waals surface area contributed by atoms with E-state index in [2.05, 4.69) is 66.2 Å². The van der Waals surface area contributed by atoms with E-state index in [4.69, 9.17) is 4.98 Å². The minimum Gasteiger partial charge on any atom is -0.326 e. The smallest absolute Gasteiger partial charge is 0.208 e. The van der Waals surface area contributed by atoms with Crippen LogP contribution in [-0.4, -0.2) is 9.55 Å². The van der Waals surface area contributed by atoms with Crippen molar-refractivity contribution in [1.29, 1.82) is 0 Å². The molecular weight excluding hydrogens is 246 g/mol. The fraction of sp³-hybridized carbons (Fsp3) is 0.235. The van der Waals surface area contributed by atoms with Crippen LogP contribution in [0.25, 0.3) is 11.0 Å². The van der Waals surface area contributed by atoms with Gasteiger partial charge in [0.1, 0.15) is 0 Å². The van der Waals surface area contributed by atoms with E-state index in [-0.39, 0.29) is 0 Å². The second-order valence-corrected chi connectivity index (χ2v) is 5.07. The number of hydrogen-bond acceptors (Lipinski definition) is 2. The van der Waals surface area contributed by atoms with Gasteiger partial charge in [-0.3, -0.25) is 0 Å². The van der Waals surface area contributed by atoms with Crippen LogP contribution in [0.5, 0.6) is 0 Å². The highest BCUT2D eigenvalue weighted by atomic mass is 15.2. The molecule has 3 heteroatoms. The van der Waals surface area contributed by atoms with Gasteiger partial charge in [0.05, 0.1) is 11.0 Å². The lowest BCUT2D eigenvalue weighted by Crippen LogP contribution is -2.03. The van der Waals surface area contributed by atoms with Crippen LogP contribution in [0, 0.1) is 6.92 Å². The summed E-state index contributed by atoms with van der Waals surface area (Å²) in [4.78, 5) is 4.70. The highest BCUT2D eigenvalue weighted by Crippen LogP contribution is 2.23. The summed E-state index contributed by atoms with van der Waals surface area (Å²) in [6.07, 6.45) is 1.09. The number of benzene rings is 2. The molecule has 1 N–H and O–H groups in total. The summed E-state index contributed by atoms with van der Waals surface area (Å²) in [5, 5.41) is 3.43. The van der Waals surface area contributed by atoms with Gasteiger partial charge in [0.15, 0.2) is 0 Å². The van der Waals surface area contributed by atoms with Gasteiger partial charge in [-0.25, -0.2) is 4.98 Å². The number of nitrogens with zero attached hydrogens (tertiary/aromatic N) is 2. The van der Waals surface area contributed by atoms with E-state index in [1.54, 1.807) is 0 Å². The van der Waals surface area contributed by atoms with Crippen molar-refractivity contribution in [3.8, 4) is 0 Å². The van der Waals surface area contributed by atoms with Gasteiger partial charge in [-0.1, -0.05) is 36.8 Å². The second kappa shape index (κ2) is 5.37. The summed E-state index contributed by atoms with van der Waals surface area (Å²) in [6.45, 7) is 5.25. The SMILES string of the molecule is CCCn1c(Nc2ccc(C)cc2)nc2ccccc21. The van der Waals surface area contributed by atoms with E-state index < -0.39 is 0 Å². The summed E-state index contributed by atoms with van der Waals surface area (Å²) in [6, 6.07) is 16.7. The lowest BCUT2D eigenvalue weighted by Gasteiger charge is -2.10. The molecule has 1 heterocycles. The predicted molar refractivity (Wildman–Crippen MR) is 84.5 cm³/mol. The molecule has 1 aromatic heterocycles. The Morgan fingerprint density at radius 1 is 1.05 bits per heavy atom. The van der Waals surface area contributed by atoms with Gasteiger partial charge in [0.2, 0.25) is 5.95 Å². The summed E-state index contributed by atoms with van der Waals surface area (Å²) in [5.74, 6) is 0.914. The molecule has 0 unspecified atom stereocenters. The molecule has 0 radical (unpaired) electrons. The fourth-order valence-corrected chi connectivity index (χ4v) is 2.39. The van der Waals surface area contributed by atoms with Gasteiger partial charge >= 0.3 is 0 Å². The molecular formula is C17H19N3. The third kappa shape index (κ3) is 2.39. The Labute approximate surface area is 119 Å². The third-order valence-corrected chi connectivity index (χ3v) is 3.41. The number of aromatic nitrogens is 2. The number of aryl methyl sites for hydroxylation is 2. The monoisotopic (exact) mass is 265 g/mol. The van der Waals surface area contributed by atoms with Gasteiger partial charge in [-0.05, 0) is 37.6 Å². The quantitative estimate of drug-likeness (QED) is 0.752. The average Bonchev–Trinajstić information content (AvgIpc) is 2.80. The maximum Gasteiger partial charge on any atom is 0.208 e. The number of rotatable bonds is 4. The van der Waals surface area contributed by atoms with Crippen LogP contribution in [0.1, 0.15) is 18.9 Å². The molecule has 0 atom stereocenters. The molecule has 0 saturated heterocycles. The van der Waals surface area contributed by atoms with E-state index in [0.29, 0.717) is 0 Å². The van der Waals surface area contributed by atoms with Gasteiger partial charge in [-0.15, -0.1) is 0 Å². The van der Waals surface area contributed by atoms with E-state index in [1.807, 2.05) is 6.07 Å². The Morgan fingerprint density at radius 2 is 1.80 bits per heavy atom. The first-order valence-electron chi connectivity index (χ1n) is 7.07. The van der Waals surface area contributed by atoms with Crippen molar-refractivity contribution in [1.82, 2.24) is 9.55 Å². The van der Waals surface area contributed by atoms with Crippen molar-refractivity contribution in [2.75, 3.05) is 5.32 Å². The first kappa shape index (κ1) is 12.7. The zero-order valence-corrected chi connectivity index (χ0v) is 11.9. The predicted octanol–water partition coefficient (Wildman–Crippen LogP) is 4.50. The molecule has 2 aromatic carbocycles. The minimum atomic E-state index is 0.914. The van der Waals surface area contributed by atoms with E-state index >= 15 is 0 Å². The number of imidazole rings is 1. The van der Waals surface area contributed by atoms with Crippen molar-refractivity contribution in [3.05, 3.63) is 54.1 Å². The zero-order chi connectivity index (χ0) is 13.9. The van der Waals surface area contributed by atoms with Gasteiger partial charge in [0, 0.05) is 12.2 Å². The van der Waals surface area contributed by atoms with Gasteiger partial charge < -0.3 is 9.88 Å². The zero-order valence-electron chi connectivity index (χ0n) is 11.9. The van der Waals surface area contributed by atoms with Crippen molar-refractivity contribution < 1.29 is 0 Å². The summed E-state index contributed by atoms with van der Waals surface area (Å²) >= 11 is 0. The molecule has 3 rings (SSSR count). The highest BCUT2D eigenvalue weighted by molar-refractivity contribution is 5.79. The number of fused-ring (bicyclic) bond motifs is 1. The van der Waals surface area contributed by atoms with Crippen LogP contribution in [0.3, 0.4) is 0 Å². The molecule has 3 aromatic rings. The topological polar surface area (TPSA) is 29.9 Å². The molecule has 0 aliphatic rings. The maximum absolute atomic E-state index is 4.70. The highest BCUT2D eigenvalue weighted by Gasteiger charge is 2.09. The Morgan fingerprint density at radius 3 is 2.55 bits per heavy atom. The van der Waals surface area contributed by atoms with Crippen molar-refractivity contribution in [2.45, 2.75) is 26.8 Å². The lowest BCUT2D eigenvalue weighted by atomic mass is 10.2. The van der Waals surface area contributed by atoms with E-state index in [0.717, 1.165) is 30.1 Å². The summed E-state index contributed by atoms with van der Waals surface area (Å²) in [7, 11) is 0. The Kier molecular flexibility index (Phi) is 3.42. The van der Waals surface area contributed by atoms with Crippen molar-refractivity contribution in [3.63, 3.8) is 0 Å². The van der Waals surface area contributed by atoms with Crippen LogP contribution in [-0.2, 0) is 6.54 Å². The maximum atomic E-state index is 4.70. The molecule has 3 nitrogen and oxygen atoms in total. The van der Waals surface area contributed by atoms with Crippen molar-refractivity contribution in [2.24, 2.45) is 0 Å². The fourth-order valence-electron chi connectivity index (χ4n) is 2.39. The first-order valence-corrected chi connectivity index (χ1v) is 7.07. The summed E-state index contributed by atoms with van der Waals surface area (Å²) < 4.78 is 2.25. The third-order valence-electron chi connectivity index (χ3n) is 3.41. The van der Waals surface area contributed by atoms with Crippen molar-refractivity contribution >= 4 is 22.7 Å². The Bertz CT molecular complexity index is 711. The van der Waals surface area contributed by atoms with Crippen LogP contribution in [0.15, 0.2) is 48.5 Å². The summed E-state index contributed by atoms with van der Waals surface area (Å²) in [5.41, 5.74) is 4.56. The van der Waals surface area contributed by atoms with E-state index in [9.17, 15) is 0 Å². The lowest BCUT2D eigenvalue weighted by molar-refractivity contribution is 0.705. The first-order chi connectivity index (χ1) is 9.78. The Balaban J connectivity index is 2.01. The number of anilines is 2. The second-order valence-electron chi connectivity index (χ2n) is 5.07. The molecule has 0 amide bonds. The molecule has 0 spiro atoms. The number of nitrogens with one attached hydrogen (secondary N) is 1. The van der Waals surface area contributed by atoms with E-state index in [1.165, 1.54) is 11.1 Å². The molecule has 20 heavy (non-hydrogen) atoms. The standard InChI is InChI=1S/C17H19N3/c1-3-12-20-16-7-5-4-6-15(16)19-17(20)18-14-10-8-13(2)9-11-14/h4-11H,3,12H2,1-2H3,(H,18,19). The number of para-hydroxylation sites is 2. The Hall–Kier alpha value is -2.29. The molecule has 0 aliphatic heterocycles.